The number of nitrogen functional groups attached to an aromatic ring is 1. The Morgan fingerprint density at radius 2 is 2.00 bits per heavy atom. The van der Waals surface area contributed by atoms with Crippen LogP contribution in [-0.2, 0) is 6.42 Å². The topological polar surface area (TPSA) is 111 Å². The Hall–Kier alpha value is -2.80. The number of H-pyrrole nitrogens is 1. The van der Waals surface area contributed by atoms with Gasteiger partial charge in [0.2, 0.25) is 0 Å². The summed E-state index contributed by atoms with van der Waals surface area (Å²) < 4.78 is 0.993. The largest absolute Gasteiger partial charge is 0.510 e. The van der Waals surface area contributed by atoms with E-state index in [0.717, 1.165) is 21.1 Å². The SMILES string of the molecule is CN/C(=C(/O)Cc1ccc(Br)cc1)c1nc2ccc(C(=N)N)cc2[nH]1. The minimum absolute atomic E-state index is 0.000479. The zero-order valence-electron chi connectivity index (χ0n) is 13.6. The fourth-order valence-corrected chi connectivity index (χ4v) is 2.84. The van der Waals surface area contributed by atoms with E-state index in [1.807, 2.05) is 24.3 Å². The molecule has 6 nitrogen and oxygen atoms in total. The van der Waals surface area contributed by atoms with Crippen molar-refractivity contribution in [1.29, 1.82) is 5.41 Å². The molecule has 0 aliphatic carbocycles. The van der Waals surface area contributed by atoms with Gasteiger partial charge in [0.15, 0.2) is 5.82 Å². The number of allylic oxidation sites excluding steroid dienone is 1. The van der Waals surface area contributed by atoms with E-state index in [0.29, 0.717) is 23.5 Å². The molecule has 0 atom stereocenters. The van der Waals surface area contributed by atoms with Gasteiger partial charge in [-0.15, -0.1) is 0 Å². The number of benzene rings is 2. The highest BCUT2D eigenvalue weighted by atomic mass is 79.9. The molecule has 0 aliphatic heterocycles. The zero-order chi connectivity index (χ0) is 18.0. The number of aromatic amines is 1. The Labute approximate surface area is 153 Å². The quantitative estimate of drug-likeness (QED) is 0.257. The molecule has 0 unspecified atom stereocenters. The number of aromatic nitrogens is 2. The van der Waals surface area contributed by atoms with E-state index in [9.17, 15) is 5.11 Å². The number of fused-ring (bicyclic) bond motifs is 1. The van der Waals surface area contributed by atoms with Gasteiger partial charge >= 0.3 is 0 Å². The van der Waals surface area contributed by atoms with E-state index < -0.39 is 0 Å². The maximum atomic E-state index is 10.5. The van der Waals surface area contributed by atoms with Crippen LogP contribution in [0.2, 0.25) is 0 Å². The second-order valence-corrected chi connectivity index (χ2v) is 6.52. The first-order chi connectivity index (χ1) is 12.0. The number of amidine groups is 1. The Balaban J connectivity index is 1.97. The minimum atomic E-state index is 0.000479. The molecule has 2 aromatic carbocycles. The first-order valence-corrected chi connectivity index (χ1v) is 8.46. The summed E-state index contributed by atoms with van der Waals surface area (Å²) in [6.07, 6.45) is 0.388. The molecule has 0 radical (unpaired) electrons. The molecule has 0 aliphatic rings. The summed E-state index contributed by atoms with van der Waals surface area (Å²) in [6, 6.07) is 13.1. The van der Waals surface area contributed by atoms with Crippen molar-refractivity contribution in [1.82, 2.24) is 15.3 Å². The number of aliphatic hydroxyl groups is 1. The number of nitrogens with one attached hydrogen (secondary N) is 3. The minimum Gasteiger partial charge on any atom is -0.510 e. The smallest absolute Gasteiger partial charge is 0.158 e. The number of rotatable bonds is 5. The number of nitrogens with zero attached hydrogens (tertiary/aromatic N) is 1. The molecular formula is C18H18BrN5O. The number of imidazole rings is 1. The fraction of sp³-hybridized carbons (Fsp3) is 0.111. The van der Waals surface area contributed by atoms with Crippen molar-refractivity contribution in [3.8, 4) is 0 Å². The van der Waals surface area contributed by atoms with Crippen LogP contribution < -0.4 is 11.1 Å². The van der Waals surface area contributed by atoms with E-state index >= 15 is 0 Å². The standard InChI is InChI=1S/C18H18BrN5O/c1-22-16(15(25)8-10-2-5-12(19)6-3-10)18-23-13-7-4-11(17(20)21)9-14(13)24-18/h2-7,9,22,25H,8H2,1H3,(H3,20,21)(H,23,24)/b16-15+. The molecule has 0 saturated carbocycles. The van der Waals surface area contributed by atoms with Crippen LogP contribution in [-0.4, -0.2) is 28.0 Å². The van der Waals surface area contributed by atoms with Gasteiger partial charge in [-0.05, 0) is 35.9 Å². The number of nitrogens with two attached hydrogens (primary N) is 1. The number of hydrogen-bond acceptors (Lipinski definition) is 4. The first-order valence-electron chi connectivity index (χ1n) is 7.66. The van der Waals surface area contributed by atoms with Crippen LogP contribution in [0.4, 0.5) is 0 Å². The van der Waals surface area contributed by atoms with Gasteiger partial charge in [0.05, 0.1) is 11.0 Å². The molecule has 25 heavy (non-hydrogen) atoms. The normalized spacial score (nSPS) is 12.1. The molecule has 6 N–H and O–H groups in total. The zero-order valence-corrected chi connectivity index (χ0v) is 15.2. The molecule has 0 spiro atoms. The molecule has 0 saturated heterocycles. The third-order valence-corrected chi connectivity index (χ3v) is 4.38. The van der Waals surface area contributed by atoms with Crippen molar-refractivity contribution in [2.75, 3.05) is 7.05 Å². The van der Waals surface area contributed by atoms with E-state index in [4.69, 9.17) is 11.1 Å². The van der Waals surface area contributed by atoms with Crippen LogP contribution in [0.1, 0.15) is 17.0 Å². The predicted octanol–water partition coefficient (Wildman–Crippen LogP) is 3.30. The lowest BCUT2D eigenvalue weighted by Gasteiger charge is -2.08. The highest BCUT2D eigenvalue weighted by Gasteiger charge is 2.13. The summed E-state index contributed by atoms with van der Waals surface area (Å²) in [7, 11) is 1.74. The van der Waals surface area contributed by atoms with Gasteiger partial charge in [0, 0.05) is 23.5 Å². The molecule has 7 heteroatoms. The Kier molecular flexibility index (Phi) is 4.76. The van der Waals surface area contributed by atoms with Crippen molar-refractivity contribution < 1.29 is 5.11 Å². The number of halogens is 1. The Bertz CT molecular complexity index is 959. The van der Waals surface area contributed by atoms with Crippen molar-refractivity contribution in [2.24, 2.45) is 5.73 Å². The van der Waals surface area contributed by atoms with Gasteiger partial charge in [-0.1, -0.05) is 28.1 Å². The molecule has 0 bridgehead atoms. The second-order valence-electron chi connectivity index (χ2n) is 5.61. The molecule has 3 rings (SSSR count). The van der Waals surface area contributed by atoms with Gasteiger partial charge < -0.3 is 21.1 Å². The summed E-state index contributed by atoms with van der Waals surface area (Å²) in [4.78, 5) is 7.67. The lowest BCUT2D eigenvalue weighted by atomic mass is 10.1. The number of hydrogen-bond donors (Lipinski definition) is 5. The van der Waals surface area contributed by atoms with Crippen molar-refractivity contribution in [3.05, 3.63) is 69.6 Å². The average Bonchev–Trinajstić information content (AvgIpc) is 3.00. The molecule has 3 aromatic rings. The highest BCUT2D eigenvalue weighted by Crippen LogP contribution is 2.21. The van der Waals surface area contributed by atoms with Crippen LogP contribution in [0.3, 0.4) is 0 Å². The van der Waals surface area contributed by atoms with Crippen molar-refractivity contribution >= 4 is 38.5 Å². The van der Waals surface area contributed by atoms with Crippen LogP contribution in [0.15, 0.2) is 52.7 Å². The van der Waals surface area contributed by atoms with Crippen molar-refractivity contribution in [2.45, 2.75) is 6.42 Å². The molecule has 128 valence electrons. The predicted molar refractivity (Wildman–Crippen MR) is 104 cm³/mol. The van der Waals surface area contributed by atoms with E-state index in [1.54, 1.807) is 25.2 Å². The third-order valence-electron chi connectivity index (χ3n) is 3.85. The van der Waals surface area contributed by atoms with Gasteiger partial charge in [-0.25, -0.2) is 4.98 Å². The first kappa shape index (κ1) is 17.0. The monoisotopic (exact) mass is 399 g/mol. The summed E-state index contributed by atoms with van der Waals surface area (Å²) in [5.74, 6) is 0.726. The maximum absolute atomic E-state index is 10.5. The summed E-state index contributed by atoms with van der Waals surface area (Å²) in [5, 5.41) is 21.1. The average molecular weight is 400 g/mol. The van der Waals surface area contributed by atoms with Gasteiger partial charge in [-0.3, -0.25) is 5.41 Å². The lowest BCUT2D eigenvalue weighted by Crippen LogP contribution is -2.11. The Morgan fingerprint density at radius 3 is 2.64 bits per heavy atom. The fourth-order valence-electron chi connectivity index (χ4n) is 2.58. The van der Waals surface area contributed by atoms with Crippen LogP contribution in [0.25, 0.3) is 16.7 Å². The van der Waals surface area contributed by atoms with E-state index in [1.165, 1.54) is 0 Å². The third kappa shape index (κ3) is 3.66. The maximum Gasteiger partial charge on any atom is 0.158 e. The summed E-state index contributed by atoms with van der Waals surface area (Å²) >= 11 is 3.40. The second kappa shape index (κ2) is 6.98. The van der Waals surface area contributed by atoms with E-state index in [2.05, 4.69) is 31.2 Å². The molecule has 0 fully saturated rings. The molecular weight excluding hydrogens is 382 g/mol. The van der Waals surface area contributed by atoms with E-state index in [-0.39, 0.29) is 11.6 Å². The lowest BCUT2D eigenvalue weighted by molar-refractivity contribution is 0.398. The van der Waals surface area contributed by atoms with Crippen LogP contribution in [0, 0.1) is 5.41 Å². The highest BCUT2D eigenvalue weighted by molar-refractivity contribution is 9.10. The van der Waals surface area contributed by atoms with Gasteiger partial charge in [0.25, 0.3) is 0 Å². The van der Waals surface area contributed by atoms with Gasteiger partial charge in [0.1, 0.15) is 17.3 Å². The summed E-state index contributed by atoms with van der Waals surface area (Å²) in [6.45, 7) is 0. The summed E-state index contributed by atoms with van der Waals surface area (Å²) in [5.41, 5.74) is 9.16. The molecule has 1 heterocycles. The van der Waals surface area contributed by atoms with Gasteiger partial charge in [-0.2, -0.15) is 0 Å². The molecule has 1 aromatic heterocycles. The van der Waals surface area contributed by atoms with Crippen LogP contribution in [0.5, 0.6) is 0 Å². The van der Waals surface area contributed by atoms with Crippen molar-refractivity contribution in [3.63, 3.8) is 0 Å². The Morgan fingerprint density at radius 1 is 1.28 bits per heavy atom. The van der Waals surface area contributed by atoms with Crippen LogP contribution >= 0.6 is 15.9 Å². The molecule has 0 amide bonds. The number of aliphatic hydroxyl groups excluding tert-OH is 1.